The van der Waals surface area contributed by atoms with Gasteiger partial charge in [0.1, 0.15) is 0 Å². The van der Waals surface area contributed by atoms with Gasteiger partial charge in [-0.2, -0.15) is 10.6 Å². The fourth-order valence-electron chi connectivity index (χ4n) is 4.65. The molecule has 3 heterocycles. The molecular formula is C21H21BrFN5O3S2. The Morgan fingerprint density at radius 2 is 2.03 bits per heavy atom. The Balaban J connectivity index is 1.39. The molecule has 2 fully saturated rings. The van der Waals surface area contributed by atoms with Crippen LogP contribution < -0.4 is 10.6 Å². The molecule has 33 heavy (non-hydrogen) atoms. The summed E-state index contributed by atoms with van der Waals surface area (Å²) in [6.07, 6.45) is 3.35. The highest BCUT2D eigenvalue weighted by molar-refractivity contribution is 9.11. The molecule has 1 aromatic carbocycles. The number of hydrogen-bond donors (Lipinski definition) is 4. The molecule has 174 valence electrons. The summed E-state index contributed by atoms with van der Waals surface area (Å²) in [6, 6.07) is 6.70. The number of nitrogens with zero attached hydrogens (tertiary/aromatic N) is 3. The van der Waals surface area contributed by atoms with E-state index < -0.39 is 16.4 Å². The van der Waals surface area contributed by atoms with Crippen LogP contribution in [-0.2, 0) is 4.79 Å². The summed E-state index contributed by atoms with van der Waals surface area (Å²) in [5, 5.41) is 5.82. The molecule has 2 aromatic heterocycles. The highest BCUT2D eigenvalue weighted by Crippen LogP contribution is 2.66. The molecule has 3 aromatic rings. The van der Waals surface area contributed by atoms with Gasteiger partial charge in [0.15, 0.2) is 9.73 Å². The predicted octanol–water partition coefficient (Wildman–Crippen LogP) is 5.45. The molecule has 0 bridgehead atoms. The van der Waals surface area contributed by atoms with E-state index in [2.05, 4.69) is 41.5 Å². The van der Waals surface area contributed by atoms with E-state index in [0.29, 0.717) is 37.6 Å². The van der Waals surface area contributed by atoms with Gasteiger partial charge in [-0.1, -0.05) is 6.07 Å². The molecule has 0 unspecified atom stereocenters. The molecule has 0 radical (unpaired) electrons. The third-order valence-electron chi connectivity index (χ3n) is 5.82. The fraction of sp³-hybridized carbons (Fsp3) is 0.333. The van der Waals surface area contributed by atoms with E-state index in [4.69, 9.17) is 0 Å². The number of nitrogens with one attached hydrogen (secondary N) is 2. The lowest BCUT2D eigenvalue weighted by atomic mass is 9.67. The normalized spacial score (nSPS) is 19.4. The van der Waals surface area contributed by atoms with Gasteiger partial charge in [-0.05, 0) is 47.0 Å². The maximum absolute atomic E-state index is 15.2. The van der Waals surface area contributed by atoms with Gasteiger partial charge in [-0.3, -0.25) is 13.9 Å². The molecular weight excluding hydrogens is 533 g/mol. The number of rotatable bonds is 5. The number of amides is 1. The minimum Gasteiger partial charge on any atom is -0.351 e. The molecule has 5 rings (SSSR count). The van der Waals surface area contributed by atoms with Crippen molar-refractivity contribution >= 4 is 55.4 Å². The molecule has 12 heteroatoms. The molecule has 8 nitrogen and oxygen atoms in total. The van der Waals surface area contributed by atoms with Crippen LogP contribution in [0.25, 0.3) is 21.8 Å². The Labute approximate surface area is 203 Å². The van der Waals surface area contributed by atoms with Gasteiger partial charge in [0.2, 0.25) is 11.9 Å². The van der Waals surface area contributed by atoms with Crippen molar-refractivity contribution in [1.29, 1.82) is 0 Å². The molecule has 4 N–H and O–H groups in total. The first-order valence-electron chi connectivity index (χ1n) is 10.2. The standard InChI is InChI=1S/C21H21BrFN5O3S2/c1-11(29)25-14-4-2-3-13(16(14)23)17-18(32-19(22)28-17)15-5-6-24-20(27-15)26-12-7-21(8-12)9-33(30,31)10-21/h2-6,12,30-31H,7-10H2,1H3,(H,25,29)(H,24,26,27). The Bertz CT molecular complexity index is 1240. The summed E-state index contributed by atoms with van der Waals surface area (Å²) >= 11 is 4.72. The SMILES string of the molecule is CC(=O)Nc1cccc(-c2nc(Br)sc2-c2ccnc(NC3CC4(C3)CS(O)(O)C4)n2)c1F. The molecule has 1 saturated heterocycles. The summed E-state index contributed by atoms with van der Waals surface area (Å²) in [5.74, 6) is 0.509. The van der Waals surface area contributed by atoms with Gasteiger partial charge in [0.05, 0.1) is 22.0 Å². The number of benzene rings is 1. The van der Waals surface area contributed by atoms with Crippen LogP contribution in [0.3, 0.4) is 0 Å². The van der Waals surface area contributed by atoms with Gasteiger partial charge in [-0.15, -0.1) is 11.3 Å². The third-order valence-corrected chi connectivity index (χ3v) is 9.50. The molecule has 1 amide bonds. The third kappa shape index (κ3) is 4.50. The van der Waals surface area contributed by atoms with E-state index in [0.717, 1.165) is 12.8 Å². The quantitative estimate of drug-likeness (QED) is 0.331. The zero-order valence-corrected chi connectivity index (χ0v) is 20.7. The lowest BCUT2D eigenvalue weighted by Crippen LogP contribution is -2.57. The van der Waals surface area contributed by atoms with Gasteiger partial charge in [0.25, 0.3) is 0 Å². The topological polar surface area (TPSA) is 120 Å². The summed E-state index contributed by atoms with van der Waals surface area (Å²) in [6.45, 7) is 1.33. The molecule has 1 spiro atoms. The van der Waals surface area contributed by atoms with E-state index >= 15 is 4.39 Å². The Hall–Kier alpha value is -2.12. The number of aromatic nitrogens is 3. The minimum atomic E-state index is -2.35. The largest absolute Gasteiger partial charge is 0.351 e. The van der Waals surface area contributed by atoms with Gasteiger partial charge in [-0.25, -0.2) is 19.3 Å². The Morgan fingerprint density at radius 1 is 1.27 bits per heavy atom. The molecule has 1 aliphatic heterocycles. The second-order valence-electron chi connectivity index (χ2n) is 8.60. The van der Waals surface area contributed by atoms with Crippen molar-refractivity contribution in [2.24, 2.45) is 5.41 Å². The van der Waals surface area contributed by atoms with Crippen molar-refractivity contribution in [3.8, 4) is 21.8 Å². The lowest BCUT2D eigenvalue weighted by molar-refractivity contribution is -0.114. The maximum Gasteiger partial charge on any atom is 0.223 e. The van der Waals surface area contributed by atoms with E-state index in [1.807, 2.05) is 0 Å². The average molecular weight is 554 g/mol. The van der Waals surface area contributed by atoms with E-state index in [1.54, 1.807) is 24.4 Å². The highest BCUT2D eigenvalue weighted by atomic mass is 79.9. The average Bonchev–Trinajstić information content (AvgIpc) is 3.08. The van der Waals surface area contributed by atoms with Crippen molar-refractivity contribution in [2.45, 2.75) is 25.8 Å². The van der Waals surface area contributed by atoms with Crippen LogP contribution in [0.15, 0.2) is 34.4 Å². The summed E-state index contributed by atoms with van der Waals surface area (Å²) in [4.78, 5) is 25.5. The van der Waals surface area contributed by atoms with Crippen LogP contribution in [0.1, 0.15) is 19.8 Å². The van der Waals surface area contributed by atoms with Crippen LogP contribution in [0, 0.1) is 11.2 Å². The summed E-state index contributed by atoms with van der Waals surface area (Å²) < 4.78 is 35.1. The first-order valence-corrected chi connectivity index (χ1v) is 13.7. The maximum atomic E-state index is 15.2. The van der Waals surface area contributed by atoms with Crippen molar-refractivity contribution in [1.82, 2.24) is 15.0 Å². The van der Waals surface area contributed by atoms with E-state index in [9.17, 15) is 13.9 Å². The number of halogens is 2. The highest BCUT2D eigenvalue weighted by Gasteiger charge is 2.56. The second-order valence-corrected chi connectivity index (χ2v) is 13.1. The van der Waals surface area contributed by atoms with Crippen LogP contribution in [-0.4, -0.2) is 47.5 Å². The van der Waals surface area contributed by atoms with Gasteiger partial charge in [0, 0.05) is 41.6 Å². The van der Waals surface area contributed by atoms with Crippen molar-refractivity contribution < 1.29 is 18.3 Å². The summed E-state index contributed by atoms with van der Waals surface area (Å²) in [5.41, 5.74) is 1.41. The molecule has 1 aliphatic carbocycles. The smallest absolute Gasteiger partial charge is 0.223 e. The first-order chi connectivity index (χ1) is 15.6. The second kappa shape index (κ2) is 8.27. The van der Waals surface area contributed by atoms with Crippen molar-refractivity contribution in [2.75, 3.05) is 22.1 Å². The first kappa shape index (κ1) is 22.7. The zero-order chi connectivity index (χ0) is 23.4. The van der Waals surface area contributed by atoms with E-state index in [-0.39, 0.29) is 28.6 Å². The van der Waals surface area contributed by atoms with Crippen LogP contribution in [0.5, 0.6) is 0 Å². The van der Waals surface area contributed by atoms with Crippen molar-refractivity contribution in [3.05, 3.63) is 40.2 Å². The Morgan fingerprint density at radius 3 is 2.73 bits per heavy atom. The zero-order valence-electron chi connectivity index (χ0n) is 17.5. The van der Waals surface area contributed by atoms with Crippen LogP contribution in [0.4, 0.5) is 16.0 Å². The van der Waals surface area contributed by atoms with Crippen LogP contribution >= 0.6 is 37.9 Å². The number of thiazole rings is 1. The number of hydrogen-bond acceptors (Lipinski definition) is 8. The van der Waals surface area contributed by atoms with Gasteiger partial charge < -0.3 is 10.6 Å². The lowest BCUT2D eigenvalue weighted by Gasteiger charge is -2.63. The number of anilines is 2. The minimum absolute atomic E-state index is 0.0419. The summed E-state index contributed by atoms with van der Waals surface area (Å²) in [7, 11) is -2.35. The monoisotopic (exact) mass is 553 g/mol. The van der Waals surface area contributed by atoms with Crippen LogP contribution in [0.2, 0.25) is 0 Å². The number of carbonyl (C=O) groups excluding carboxylic acids is 1. The molecule has 2 aliphatic rings. The van der Waals surface area contributed by atoms with Gasteiger partial charge >= 0.3 is 0 Å². The Kier molecular flexibility index (Phi) is 5.68. The fourth-order valence-corrected chi connectivity index (χ4v) is 8.44. The predicted molar refractivity (Wildman–Crippen MR) is 132 cm³/mol. The number of carbonyl (C=O) groups is 1. The van der Waals surface area contributed by atoms with Crippen molar-refractivity contribution in [3.63, 3.8) is 0 Å². The molecule has 0 atom stereocenters. The van der Waals surface area contributed by atoms with E-state index in [1.165, 1.54) is 24.3 Å². The molecule has 1 saturated carbocycles.